The van der Waals surface area contributed by atoms with Crippen LogP contribution in [0.3, 0.4) is 0 Å². The van der Waals surface area contributed by atoms with Crippen molar-refractivity contribution in [2.45, 2.75) is 232 Å². The van der Waals surface area contributed by atoms with E-state index in [0.717, 1.165) is 96.3 Å². The van der Waals surface area contributed by atoms with E-state index in [0.29, 0.717) is 25.7 Å². The third-order valence-electron chi connectivity index (χ3n) is 10.7. The molecule has 0 aromatic heterocycles. The molecule has 0 N–H and O–H groups in total. The molecule has 0 spiro atoms. The topological polar surface area (TPSA) is 78.9 Å². The quantitative estimate of drug-likeness (QED) is 0.0262. The summed E-state index contributed by atoms with van der Waals surface area (Å²) in [5, 5.41) is 0. The molecule has 0 aliphatic rings. The van der Waals surface area contributed by atoms with E-state index in [1.54, 1.807) is 0 Å². The number of esters is 3. The molecule has 0 aromatic carbocycles. The van der Waals surface area contributed by atoms with Crippen molar-refractivity contribution in [1.82, 2.24) is 0 Å². The van der Waals surface area contributed by atoms with Gasteiger partial charge in [0.1, 0.15) is 13.2 Å². The van der Waals surface area contributed by atoms with Crippen molar-refractivity contribution in [3.05, 3.63) is 109 Å². The second-order valence-corrected chi connectivity index (χ2v) is 17.1. The minimum Gasteiger partial charge on any atom is -0.462 e. The normalized spacial score (nSPS) is 12.6. The summed E-state index contributed by atoms with van der Waals surface area (Å²) in [5.41, 5.74) is 0. The van der Waals surface area contributed by atoms with Crippen molar-refractivity contribution in [3.8, 4) is 0 Å². The number of hydrogen-bond donors (Lipinski definition) is 0. The molecule has 0 saturated carbocycles. The highest BCUT2D eigenvalue weighted by atomic mass is 16.6. The van der Waals surface area contributed by atoms with E-state index in [1.165, 1.54) is 77.0 Å². The monoisotopic (exact) mass is 901 g/mol. The molecule has 368 valence electrons. The predicted molar refractivity (Wildman–Crippen MR) is 279 cm³/mol. The van der Waals surface area contributed by atoms with Crippen LogP contribution in [-0.2, 0) is 28.6 Å². The molecule has 0 fully saturated rings. The first-order chi connectivity index (χ1) is 32.0. The molecule has 0 atom stereocenters. The molecule has 65 heavy (non-hydrogen) atoms. The van der Waals surface area contributed by atoms with Crippen LogP contribution in [0.15, 0.2) is 109 Å². The van der Waals surface area contributed by atoms with E-state index in [1.807, 2.05) is 0 Å². The summed E-state index contributed by atoms with van der Waals surface area (Å²) in [4.78, 5) is 38.0. The van der Waals surface area contributed by atoms with Gasteiger partial charge in [0.2, 0.25) is 0 Å². The summed E-state index contributed by atoms with van der Waals surface area (Å²) in [7, 11) is 0. The van der Waals surface area contributed by atoms with Crippen LogP contribution in [0.5, 0.6) is 0 Å². The third kappa shape index (κ3) is 50.9. The summed E-state index contributed by atoms with van der Waals surface area (Å²) in [6.45, 7) is 6.45. The number of unbranched alkanes of at least 4 members (excludes halogenated alkanes) is 17. The van der Waals surface area contributed by atoms with Crippen molar-refractivity contribution in [2.75, 3.05) is 13.2 Å². The molecule has 0 aliphatic heterocycles. The molecular weight excluding hydrogens is 805 g/mol. The lowest BCUT2D eigenvalue weighted by molar-refractivity contribution is -0.167. The fourth-order valence-electron chi connectivity index (χ4n) is 6.70. The standard InChI is InChI=1S/C59H96O6/c1-4-7-10-13-16-19-22-25-28-29-32-35-38-41-44-47-50-53-59(62)65-56(54-63-57(60)51-48-45-42-39-36-33-30-26-23-20-17-14-11-8-5-2)55-64-58(61)52-49-46-43-40-37-34-31-27-24-21-18-15-12-9-6-3/h16-21,25-28,30-32,35-37,39-40,56H,4-15,22-24,29,33-34,38,41-55H2,1-3H3/b19-16-,20-17-,21-18-,28-25-,30-26-,31-27-,35-32-,39-36-,40-37-. The van der Waals surface area contributed by atoms with Gasteiger partial charge < -0.3 is 14.2 Å². The average molecular weight is 901 g/mol. The van der Waals surface area contributed by atoms with Crippen LogP contribution in [0.2, 0.25) is 0 Å². The Morgan fingerprint density at radius 3 is 0.877 bits per heavy atom. The molecule has 0 unspecified atom stereocenters. The first kappa shape index (κ1) is 61.1. The predicted octanol–water partition coefficient (Wildman–Crippen LogP) is 17.5. The van der Waals surface area contributed by atoms with Gasteiger partial charge in [0.05, 0.1) is 0 Å². The first-order valence-corrected chi connectivity index (χ1v) is 26.4. The van der Waals surface area contributed by atoms with E-state index < -0.39 is 6.10 Å². The summed E-state index contributed by atoms with van der Waals surface area (Å²) in [6, 6.07) is 0. The maximum Gasteiger partial charge on any atom is 0.306 e. The molecule has 0 heterocycles. The highest BCUT2D eigenvalue weighted by Crippen LogP contribution is 2.11. The molecule has 0 aliphatic carbocycles. The largest absolute Gasteiger partial charge is 0.462 e. The Bertz CT molecular complexity index is 1290. The molecule has 0 bridgehead atoms. The zero-order chi connectivity index (χ0) is 47.2. The molecule has 0 saturated heterocycles. The van der Waals surface area contributed by atoms with Gasteiger partial charge >= 0.3 is 17.9 Å². The van der Waals surface area contributed by atoms with E-state index in [4.69, 9.17) is 14.2 Å². The van der Waals surface area contributed by atoms with Gasteiger partial charge in [-0.25, -0.2) is 0 Å². The highest BCUT2D eigenvalue weighted by molar-refractivity contribution is 5.71. The van der Waals surface area contributed by atoms with Gasteiger partial charge in [-0.3, -0.25) is 14.4 Å². The lowest BCUT2D eigenvalue weighted by Gasteiger charge is -2.18. The van der Waals surface area contributed by atoms with Crippen molar-refractivity contribution in [2.24, 2.45) is 0 Å². The van der Waals surface area contributed by atoms with Gasteiger partial charge in [-0.2, -0.15) is 0 Å². The zero-order valence-electron chi connectivity index (χ0n) is 42.0. The lowest BCUT2D eigenvalue weighted by atomic mass is 10.1. The summed E-state index contributed by atoms with van der Waals surface area (Å²) < 4.78 is 16.7. The number of carbonyl (C=O) groups is 3. The van der Waals surface area contributed by atoms with Crippen LogP contribution in [0.1, 0.15) is 226 Å². The fraction of sp³-hybridized carbons (Fsp3) is 0.644. The van der Waals surface area contributed by atoms with Crippen molar-refractivity contribution < 1.29 is 28.6 Å². The SMILES string of the molecule is CCCCC/C=C\C/C=C\C/C=C\CCCCCCC(=O)OC(COC(=O)CCCC/C=C\C/C=C\C/C=C\CCCCC)COC(=O)CCCC/C=C\C/C=C\C/C=C\CCCCC. The lowest BCUT2D eigenvalue weighted by Crippen LogP contribution is -2.30. The number of carbonyl (C=O) groups excluding carboxylic acids is 3. The first-order valence-electron chi connectivity index (χ1n) is 26.4. The van der Waals surface area contributed by atoms with Crippen LogP contribution >= 0.6 is 0 Å². The third-order valence-corrected chi connectivity index (χ3v) is 10.7. The van der Waals surface area contributed by atoms with E-state index in [2.05, 4.69) is 130 Å². The molecule has 0 aromatic rings. The molecule has 6 heteroatoms. The van der Waals surface area contributed by atoms with Gasteiger partial charge in [0.25, 0.3) is 0 Å². The molecule has 0 rings (SSSR count). The Morgan fingerprint density at radius 1 is 0.308 bits per heavy atom. The summed E-state index contributed by atoms with van der Waals surface area (Å²) >= 11 is 0. The van der Waals surface area contributed by atoms with Crippen LogP contribution in [0.4, 0.5) is 0 Å². The maximum atomic E-state index is 12.8. The summed E-state index contributed by atoms with van der Waals surface area (Å²) in [5.74, 6) is -1.02. The Labute approximate surface area is 400 Å². The smallest absolute Gasteiger partial charge is 0.306 e. The van der Waals surface area contributed by atoms with Crippen LogP contribution < -0.4 is 0 Å². The van der Waals surface area contributed by atoms with E-state index >= 15 is 0 Å². The number of rotatable bonds is 46. The van der Waals surface area contributed by atoms with Crippen molar-refractivity contribution in [1.29, 1.82) is 0 Å². The number of hydrogen-bond acceptors (Lipinski definition) is 6. The second kappa shape index (κ2) is 52.7. The van der Waals surface area contributed by atoms with Crippen LogP contribution in [0, 0.1) is 0 Å². The Kier molecular flexibility index (Phi) is 49.5. The second-order valence-electron chi connectivity index (χ2n) is 17.1. The van der Waals surface area contributed by atoms with Crippen molar-refractivity contribution >= 4 is 17.9 Å². The molecule has 6 nitrogen and oxygen atoms in total. The van der Waals surface area contributed by atoms with Crippen molar-refractivity contribution in [3.63, 3.8) is 0 Å². The van der Waals surface area contributed by atoms with Gasteiger partial charge in [-0.15, -0.1) is 0 Å². The van der Waals surface area contributed by atoms with Gasteiger partial charge in [-0.05, 0) is 135 Å². The van der Waals surface area contributed by atoms with Crippen LogP contribution in [-0.4, -0.2) is 37.2 Å². The Hall–Kier alpha value is -3.93. The summed E-state index contributed by atoms with van der Waals surface area (Å²) in [6.07, 6.45) is 70.7. The molecule has 0 amide bonds. The number of ether oxygens (including phenoxy) is 3. The minimum atomic E-state index is -0.823. The molecule has 0 radical (unpaired) electrons. The van der Waals surface area contributed by atoms with E-state index in [-0.39, 0.29) is 37.5 Å². The zero-order valence-corrected chi connectivity index (χ0v) is 42.0. The van der Waals surface area contributed by atoms with Crippen LogP contribution in [0.25, 0.3) is 0 Å². The van der Waals surface area contributed by atoms with Gasteiger partial charge in [0, 0.05) is 19.3 Å². The highest BCUT2D eigenvalue weighted by Gasteiger charge is 2.19. The van der Waals surface area contributed by atoms with Gasteiger partial charge in [0.15, 0.2) is 6.10 Å². The molecular formula is C59H96O6. The van der Waals surface area contributed by atoms with E-state index in [9.17, 15) is 14.4 Å². The Morgan fingerprint density at radius 2 is 0.554 bits per heavy atom. The Balaban J connectivity index is 4.57. The fourth-order valence-corrected chi connectivity index (χ4v) is 6.70. The minimum absolute atomic E-state index is 0.121. The number of allylic oxidation sites excluding steroid dienone is 18. The van der Waals surface area contributed by atoms with Gasteiger partial charge in [-0.1, -0.05) is 182 Å². The average Bonchev–Trinajstić information content (AvgIpc) is 3.30. The maximum absolute atomic E-state index is 12.8.